The van der Waals surface area contributed by atoms with Gasteiger partial charge in [0.15, 0.2) is 0 Å². The molecule has 0 aromatic heterocycles. The van der Waals surface area contributed by atoms with Crippen LogP contribution >= 0.6 is 0 Å². The second kappa shape index (κ2) is 6.88. The van der Waals surface area contributed by atoms with Gasteiger partial charge in [-0.2, -0.15) is 0 Å². The smallest absolute Gasteiger partial charge is 0.332 e. The lowest BCUT2D eigenvalue weighted by Crippen LogP contribution is -2.37. The second-order valence-electron chi connectivity index (χ2n) is 3.07. The molecule has 0 fully saturated rings. The highest BCUT2D eigenvalue weighted by molar-refractivity contribution is 5.88. The van der Waals surface area contributed by atoms with E-state index in [1.165, 1.54) is 0 Å². The molecule has 0 aromatic rings. The Balaban J connectivity index is 3.92. The van der Waals surface area contributed by atoms with Gasteiger partial charge in [-0.15, -0.1) is 0 Å². The summed E-state index contributed by atoms with van der Waals surface area (Å²) in [6.45, 7) is -0.638. The van der Waals surface area contributed by atoms with E-state index in [2.05, 4.69) is 4.74 Å². The molecule has 0 unspecified atom stereocenters. The molecule has 0 heterocycles. The van der Waals surface area contributed by atoms with Gasteiger partial charge in [-0.1, -0.05) is 0 Å². The number of hydrogen-bond acceptors (Lipinski definition) is 7. The zero-order chi connectivity index (χ0) is 12.7. The van der Waals surface area contributed by atoms with Crippen LogP contribution in [0.3, 0.4) is 0 Å². The van der Waals surface area contributed by atoms with Crippen molar-refractivity contribution in [2.45, 2.75) is 24.9 Å². The lowest BCUT2D eigenvalue weighted by atomic mass is 10.2. The number of hydrogen-bond donors (Lipinski definition) is 4. The highest BCUT2D eigenvalue weighted by atomic mass is 16.6. The van der Waals surface area contributed by atoms with Gasteiger partial charge in [0.1, 0.15) is 12.1 Å². The van der Waals surface area contributed by atoms with Gasteiger partial charge in [0.25, 0.3) is 0 Å². The minimum absolute atomic E-state index is 0.143. The number of aliphatic hydroxyl groups is 1. The number of carbonyl (C=O) groups is 3. The van der Waals surface area contributed by atoms with Gasteiger partial charge < -0.3 is 26.4 Å². The summed E-state index contributed by atoms with van der Waals surface area (Å²) in [4.78, 5) is 32.2. The first-order valence-electron chi connectivity index (χ1n) is 4.47. The summed E-state index contributed by atoms with van der Waals surface area (Å²) in [6.07, 6.45) is -0.451. The molecule has 16 heavy (non-hydrogen) atoms. The number of esters is 2. The molecule has 6 N–H and O–H groups in total. The maximum Gasteiger partial charge on any atom is 0.332 e. The number of ether oxygens (including phenoxy) is 1. The summed E-state index contributed by atoms with van der Waals surface area (Å²) < 4.78 is 4.22. The monoisotopic (exact) mass is 234 g/mol. The van der Waals surface area contributed by atoms with E-state index in [9.17, 15) is 14.4 Å². The fourth-order valence-corrected chi connectivity index (χ4v) is 0.710. The Bertz CT molecular complexity index is 280. The van der Waals surface area contributed by atoms with E-state index in [0.29, 0.717) is 0 Å². The summed E-state index contributed by atoms with van der Waals surface area (Å²) in [5.74, 6) is -3.23. The van der Waals surface area contributed by atoms with Crippen LogP contribution in [0.4, 0.5) is 0 Å². The molecule has 0 aliphatic heterocycles. The quantitative estimate of drug-likeness (QED) is 0.292. The molecule has 0 saturated heterocycles. The summed E-state index contributed by atoms with van der Waals surface area (Å²) in [5, 5.41) is 16.9. The molecule has 0 aliphatic rings. The molecule has 0 aromatic carbocycles. The van der Waals surface area contributed by atoms with Crippen molar-refractivity contribution in [3.8, 4) is 0 Å². The SMILES string of the molecule is N[C@@H](CCC(=O)OC(=O)[C@@H](N)CO)C(=O)O. The van der Waals surface area contributed by atoms with Crippen LogP contribution in [0.2, 0.25) is 0 Å². The van der Waals surface area contributed by atoms with Crippen LogP contribution in [0.5, 0.6) is 0 Å². The molecule has 0 bridgehead atoms. The van der Waals surface area contributed by atoms with Crippen LogP contribution in [-0.2, 0) is 19.1 Å². The zero-order valence-corrected chi connectivity index (χ0v) is 8.46. The molecule has 0 amide bonds. The summed E-state index contributed by atoms with van der Waals surface area (Å²) in [7, 11) is 0. The average Bonchev–Trinajstić information content (AvgIpc) is 2.24. The molecule has 0 spiro atoms. The maximum atomic E-state index is 11.0. The van der Waals surface area contributed by atoms with Crippen LogP contribution in [0.1, 0.15) is 12.8 Å². The predicted molar refractivity (Wildman–Crippen MR) is 51.0 cm³/mol. The van der Waals surface area contributed by atoms with E-state index in [-0.39, 0.29) is 12.8 Å². The molecule has 2 atom stereocenters. The number of aliphatic hydroxyl groups excluding tert-OH is 1. The molecule has 0 rings (SSSR count). The number of carbonyl (C=O) groups excluding carboxylic acids is 2. The molecule has 92 valence electrons. The number of carboxylic acid groups (broad SMARTS) is 1. The lowest BCUT2D eigenvalue weighted by Gasteiger charge is -2.08. The van der Waals surface area contributed by atoms with Crippen molar-refractivity contribution in [1.29, 1.82) is 0 Å². The fourth-order valence-electron chi connectivity index (χ4n) is 0.710. The van der Waals surface area contributed by atoms with E-state index in [4.69, 9.17) is 21.7 Å². The predicted octanol–water partition coefficient (Wildman–Crippen LogP) is -2.43. The fraction of sp³-hybridized carbons (Fsp3) is 0.625. The Labute approximate surface area is 91.2 Å². The first kappa shape index (κ1) is 14.5. The van der Waals surface area contributed by atoms with Crippen molar-refractivity contribution >= 4 is 17.9 Å². The summed E-state index contributed by atoms with van der Waals surface area (Å²) in [5.41, 5.74) is 10.2. The van der Waals surface area contributed by atoms with Gasteiger partial charge in [0.05, 0.1) is 6.61 Å². The van der Waals surface area contributed by atoms with Crippen LogP contribution in [-0.4, -0.2) is 46.8 Å². The molecular formula is C8H14N2O6. The van der Waals surface area contributed by atoms with Gasteiger partial charge in [-0.25, -0.2) is 4.79 Å². The number of carboxylic acids is 1. The molecule has 0 radical (unpaired) electrons. The first-order chi connectivity index (χ1) is 7.38. The van der Waals surface area contributed by atoms with Crippen molar-refractivity contribution in [2.75, 3.05) is 6.61 Å². The third kappa shape index (κ3) is 5.39. The van der Waals surface area contributed by atoms with E-state index in [0.717, 1.165) is 0 Å². The Hall–Kier alpha value is -1.51. The van der Waals surface area contributed by atoms with Crippen LogP contribution < -0.4 is 11.5 Å². The highest BCUT2D eigenvalue weighted by Crippen LogP contribution is 1.98. The number of aliphatic carboxylic acids is 1. The molecular weight excluding hydrogens is 220 g/mol. The first-order valence-corrected chi connectivity index (χ1v) is 4.47. The van der Waals surface area contributed by atoms with Crippen molar-refractivity contribution in [3.63, 3.8) is 0 Å². The second-order valence-corrected chi connectivity index (χ2v) is 3.07. The van der Waals surface area contributed by atoms with Gasteiger partial charge in [-0.3, -0.25) is 9.59 Å². The third-order valence-corrected chi connectivity index (χ3v) is 1.69. The van der Waals surface area contributed by atoms with E-state index >= 15 is 0 Å². The lowest BCUT2D eigenvalue weighted by molar-refractivity contribution is -0.161. The third-order valence-electron chi connectivity index (χ3n) is 1.69. The highest BCUT2D eigenvalue weighted by Gasteiger charge is 2.19. The molecule has 8 heteroatoms. The van der Waals surface area contributed by atoms with Crippen molar-refractivity contribution in [1.82, 2.24) is 0 Å². The van der Waals surface area contributed by atoms with Gasteiger partial charge in [0, 0.05) is 6.42 Å². The number of rotatable bonds is 6. The Morgan fingerprint density at radius 3 is 2.19 bits per heavy atom. The van der Waals surface area contributed by atoms with E-state index in [1.54, 1.807) is 0 Å². The van der Waals surface area contributed by atoms with Gasteiger partial charge in [-0.05, 0) is 6.42 Å². The van der Waals surface area contributed by atoms with Crippen LogP contribution in [0.15, 0.2) is 0 Å². The Morgan fingerprint density at radius 2 is 1.75 bits per heavy atom. The minimum atomic E-state index is -1.28. The van der Waals surface area contributed by atoms with Crippen LogP contribution in [0, 0.1) is 0 Å². The van der Waals surface area contributed by atoms with Crippen molar-refractivity contribution in [2.24, 2.45) is 11.5 Å². The minimum Gasteiger partial charge on any atom is -0.480 e. The topological polar surface area (TPSA) is 153 Å². The van der Waals surface area contributed by atoms with Crippen molar-refractivity contribution < 1.29 is 29.3 Å². The van der Waals surface area contributed by atoms with E-state index < -0.39 is 36.6 Å². The largest absolute Gasteiger partial charge is 0.480 e. The van der Waals surface area contributed by atoms with Gasteiger partial charge >= 0.3 is 17.9 Å². The zero-order valence-electron chi connectivity index (χ0n) is 8.46. The van der Waals surface area contributed by atoms with Gasteiger partial charge in [0.2, 0.25) is 0 Å². The normalized spacial score (nSPS) is 13.9. The number of nitrogens with two attached hydrogens (primary N) is 2. The maximum absolute atomic E-state index is 11.0. The average molecular weight is 234 g/mol. The molecule has 0 aliphatic carbocycles. The molecule has 8 nitrogen and oxygen atoms in total. The van der Waals surface area contributed by atoms with E-state index in [1.807, 2.05) is 0 Å². The molecule has 0 saturated carbocycles. The Morgan fingerprint density at radius 1 is 1.19 bits per heavy atom. The Kier molecular flexibility index (Phi) is 6.23. The standard InChI is InChI=1S/C8H14N2O6/c9-4(7(13)14)1-2-6(12)16-8(15)5(10)3-11/h4-5,11H,1-3,9-10H2,(H,13,14)/t4-,5-/m0/s1. The summed E-state index contributed by atoms with van der Waals surface area (Å²) >= 11 is 0. The summed E-state index contributed by atoms with van der Waals surface area (Å²) in [6, 6.07) is -2.47. The van der Waals surface area contributed by atoms with Crippen molar-refractivity contribution in [3.05, 3.63) is 0 Å². The van der Waals surface area contributed by atoms with Crippen LogP contribution in [0.25, 0.3) is 0 Å².